The van der Waals surface area contributed by atoms with E-state index in [0.29, 0.717) is 11.3 Å². The highest BCUT2D eigenvalue weighted by Crippen LogP contribution is 2.30. The number of carboxylic acid groups (broad SMARTS) is 1. The summed E-state index contributed by atoms with van der Waals surface area (Å²) in [5.41, 5.74) is 0.225. The van der Waals surface area contributed by atoms with Gasteiger partial charge in [0.2, 0.25) is 5.82 Å². The summed E-state index contributed by atoms with van der Waals surface area (Å²) in [6, 6.07) is 8.14. The Morgan fingerprint density at radius 2 is 2.05 bits per heavy atom. The number of nitrogens with one attached hydrogen (secondary N) is 1. The molecule has 0 aliphatic rings. The first-order chi connectivity index (χ1) is 9.90. The Labute approximate surface area is 119 Å². The number of anilines is 2. The summed E-state index contributed by atoms with van der Waals surface area (Å²) < 4.78 is 13.5. The van der Waals surface area contributed by atoms with Crippen LogP contribution in [0.2, 0.25) is 0 Å². The number of aryl methyl sites for hydroxylation is 1. The molecule has 0 amide bonds. The Morgan fingerprint density at radius 1 is 1.33 bits per heavy atom. The van der Waals surface area contributed by atoms with E-state index in [2.05, 4.69) is 5.32 Å². The molecule has 2 rings (SSSR count). The van der Waals surface area contributed by atoms with Gasteiger partial charge in [0.05, 0.1) is 10.5 Å². The molecule has 0 aliphatic heterocycles. The topological polar surface area (TPSA) is 92.5 Å². The lowest BCUT2D eigenvalue weighted by Gasteiger charge is -2.09. The van der Waals surface area contributed by atoms with E-state index in [-0.39, 0.29) is 11.3 Å². The molecule has 0 bridgehead atoms. The first-order valence-corrected chi connectivity index (χ1v) is 5.94. The van der Waals surface area contributed by atoms with Gasteiger partial charge < -0.3 is 10.4 Å². The summed E-state index contributed by atoms with van der Waals surface area (Å²) >= 11 is 0. The number of nitrogens with zero attached hydrogens (tertiary/aromatic N) is 1. The van der Waals surface area contributed by atoms with Crippen molar-refractivity contribution in [2.45, 2.75) is 6.92 Å². The molecule has 0 atom stereocenters. The normalized spacial score (nSPS) is 10.2. The Hall–Kier alpha value is -2.96. The van der Waals surface area contributed by atoms with Crippen LogP contribution in [0.3, 0.4) is 0 Å². The summed E-state index contributed by atoms with van der Waals surface area (Å²) in [6.07, 6.45) is 0. The predicted molar refractivity (Wildman–Crippen MR) is 74.5 cm³/mol. The summed E-state index contributed by atoms with van der Waals surface area (Å²) in [7, 11) is 0. The van der Waals surface area contributed by atoms with Crippen LogP contribution in [0.25, 0.3) is 0 Å². The third-order valence-corrected chi connectivity index (χ3v) is 2.92. The van der Waals surface area contributed by atoms with Crippen LogP contribution < -0.4 is 5.32 Å². The van der Waals surface area contributed by atoms with Crippen LogP contribution in [0, 0.1) is 22.9 Å². The number of benzene rings is 2. The van der Waals surface area contributed by atoms with Gasteiger partial charge in [-0.2, -0.15) is 4.39 Å². The molecule has 0 saturated carbocycles. The van der Waals surface area contributed by atoms with Crippen molar-refractivity contribution < 1.29 is 19.2 Å². The molecule has 0 aromatic heterocycles. The number of hydrogen-bond acceptors (Lipinski definition) is 4. The SMILES string of the molecule is Cc1ccc(Nc2cccc(F)c2[N+](=O)[O-])cc1C(=O)O. The summed E-state index contributed by atoms with van der Waals surface area (Å²) in [5, 5.41) is 22.6. The number of aromatic carboxylic acids is 1. The van der Waals surface area contributed by atoms with Crippen molar-refractivity contribution in [3.05, 3.63) is 63.5 Å². The van der Waals surface area contributed by atoms with E-state index in [1.165, 1.54) is 18.2 Å². The molecule has 0 heterocycles. The van der Waals surface area contributed by atoms with Crippen LogP contribution in [0.5, 0.6) is 0 Å². The number of nitro groups is 1. The standard InChI is InChI=1S/C14H11FN2O4/c1-8-5-6-9(7-10(8)14(18)19)16-12-4-2-3-11(15)13(12)17(20)21/h2-7,16H,1H3,(H,18,19). The zero-order chi connectivity index (χ0) is 15.6. The molecule has 0 radical (unpaired) electrons. The van der Waals surface area contributed by atoms with Crippen molar-refractivity contribution >= 4 is 23.0 Å². The third kappa shape index (κ3) is 2.97. The second kappa shape index (κ2) is 5.58. The highest BCUT2D eigenvalue weighted by molar-refractivity contribution is 5.91. The van der Waals surface area contributed by atoms with Gasteiger partial charge in [-0.05, 0) is 36.8 Å². The van der Waals surface area contributed by atoms with Gasteiger partial charge in [-0.25, -0.2) is 4.79 Å². The van der Waals surface area contributed by atoms with E-state index < -0.39 is 22.4 Å². The second-order valence-electron chi connectivity index (χ2n) is 4.35. The molecule has 0 spiro atoms. The monoisotopic (exact) mass is 290 g/mol. The maximum absolute atomic E-state index is 13.5. The van der Waals surface area contributed by atoms with E-state index in [1.807, 2.05) is 0 Å². The lowest BCUT2D eigenvalue weighted by atomic mass is 10.1. The Balaban J connectivity index is 2.44. The molecule has 6 nitrogen and oxygen atoms in total. The maximum atomic E-state index is 13.5. The number of nitro benzene ring substituents is 1. The van der Waals surface area contributed by atoms with E-state index in [0.717, 1.165) is 6.07 Å². The Bertz CT molecular complexity index is 731. The molecule has 0 fully saturated rings. The lowest BCUT2D eigenvalue weighted by Crippen LogP contribution is -2.03. The molecule has 0 unspecified atom stereocenters. The van der Waals surface area contributed by atoms with Crippen LogP contribution in [0.15, 0.2) is 36.4 Å². The van der Waals surface area contributed by atoms with Crippen molar-refractivity contribution in [1.82, 2.24) is 0 Å². The fraction of sp³-hybridized carbons (Fsp3) is 0.0714. The first kappa shape index (κ1) is 14.4. The smallest absolute Gasteiger partial charge is 0.336 e. The van der Waals surface area contributed by atoms with Crippen molar-refractivity contribution in [1.29, 1.82) is 0 Å². The zero-order valence-corrected chi connectivity index (χ0v) is 11.0. The van der Waals surface area contributed by atoms with Crippen LogP contribution in [0.4, 0.5) is 21.5 Å². The largest absolute Gasteiger partial charge is 0.478 e. The van der Waals surface area contributed by atoms with Gasteiger partial charge >= 0.3 is 11.7 Å². The second-order valence-corrected chi connectivity index (χ2v) is 4.35. The average Bonchev–Trinajstić information content (AvgIpc) is 2.40. The number of para-hydroxylation sites is 1. The van der Waals surface area contributed by atoms with Gasteiger partial charge in [0.25, 0.3) is 0 Å². The zero-order valence-electron chi connectivity index (χ0n) is 11.0. The summed E-state index contributed by atoms with van der Waals surface area (Å²) in [5.74, 6) is -2.07. The fourth-order valence-electron chi connectivity index (χ4n) is 1.89. The molecule has 2 aromatic rings. The van der Waals surface area contributed by atoms with Gasteiger partial charge in [0, 0.05) is 5.69 Å². The van der Waals surface area contributed by atoms with Crippen molar-refractivity contribution in [3.8, 4) is 0 Å². The molecule has 21 heavy (non-hydrogen) atoms. The minimum absolute atomic E-state index is 0.0415. The van der Waals surface area contributed by atoms with Gasteiger partial charge in [0.15, 0.2) is 0 Å². The van der Waals surface area contributed by atoms with Crippen LogP contribution in [-0.2, 0) is 0 Å². The summed E-state index contributed by atoms with van der Waals surface area (Å²) in [6.45, 7) is 1.64. The molecule has 0 saturated heterocycles. The summed E-state index contributed by atoms with van der Waals surface area (Å²) in [4.78, 5) is 21.1. The van der Waals surface area contributed by atoms with E-state index in [4.69, 9.17) is 5.11 Å². The van der Waals surface area contributed by atoms with Crippen molar-refractivity contribution in [3.63, 3.8) is 0 Å². The maximum Gasteiger partial charge on any atom is 0.336 e. The predicted octanol–water partition coefficient (Wildman–Crippen LogP) is 3.48. The molecule has 0 aliphatic carbocycles. The van der Waals surface area contributed by atoms with Gasteiger partial charge in [-0.1, -0.05) is 12.1 Å². The molecule has 7 heteroatoms. The lowest BCUT2D eigenvalue weighted by molar-refractivity contribution is -0.386. The quantitative estimate of drug-likeness (QED) is 0.664. The number of carbonyl (C=O) groups is 1. The third-order valence-electron chi connectivity index (χ3n) is 2.92. The number of carboxylic acids is 1. The molecular weight excluding hydrogens is 279 g/mol. The number of halogens is 1. The Kier molecular flexibility index (Phi) is 3.84. The fourth-order valence-corrected chi connectivity index (χ4v) is 1.89. The molecular formula is C14H11FN2O4. The van der Waals surface area contributed by atoms with Crippen LogP contribution in [0.1, 0.15) is 15.9 Å². The highest BCUT2D eigenvalue weighted by Gasteiger charge is 2.20. The molecule has 2 N–H and O–H groups in total. The van der Waals surface area contributed by atoms with Gasteiger partial charge in [-0.3, -0.25) is 10.1 Å². The molecule has 108 valence electrons. The van der Waals surface area contributed by atoms with E-state index >= 15 is 0 Å². The van der Waals surface area contributed by atoms with Gasteiger partial charge in [-0.15, -0.1) is 0 Å². The first-order valence-electron chi connectivity index (χ1n) is 5.94. The number of hydrogen-bond donors (Lipinski definition) is 2. The van der Waals surface area contributed by atoms with Crippen LogP contribution in [-0.4, -0.2) is 16.0 Å². The molecule has 2 aromatic carbocycles. The van der Waals surface area contributed by atoms with E-state index in [9.17, 15) is 19.3 Å². The highest BCUT2D eigenvalue weighted by atomic mass is 19.1. The minimum Gasteiger partial charge on any atom is -0.478 e. The van der Waals surface area contributed by atoms with E-state index in [1.54, 1.807) is 19.1 Å². The van der Waals surface area contributed by atoms with Crippen molar-refractivity contribution in [2.75, 3.05) is 5.32 Å². The van der Waals surface area contributed by atoms with Crippen LogP contribution >= 0.6 is 0 Å². The van der Waals surface area contributed by atoms with Crippen molar-refractivity contribution in [2.24, 2.45) is 0 Å². The Morgan fingerprint density at radius 3 is 2.67 bits per heavy atom. The average molecular weight is 290 g/mol. The van der Waals surface area contributed by atoms with Gasteiger partial charge in [0.1, 0.15) is 5.69 Å². The number of rotatable bonds is 4. The minimum atomic E-state index is -1.11.